The quantitative estimate of drug-likeness (QED) is 0.594. The Morgan fingerprint density at radius 3 is 2.82 bits per heavy atom. The van der Waals surface area contributed by atoms with Crippen LogP contribution >= 0.6 is 0 Å². The van der Waals surface area contributed by atoms with Crippen LogP contribution in [0, 0.1) is 0 Å². The van der Waals surface area contributed by atoms with Crippen LogP contribution in [0.25, 0.3) is 10.8 Å². The van der Waals surface area contributed by atoms with E-state index in [1.807, 2.05) is 29.2 Å². The lowest BCUT2D eigenvalue weighted by Gasteiger charge is -2.27. The van der Waals surface area contributed by atoms with Gasteiger partial charge in [0.15, 0.2) is 0 Å². The van der Waals surface area contributed by atoms with Gasteiger partial charge in [0.2, 0.25) is 5.91 Å². The molecular weight excluding hydrogens is 360 g/mol. The molecule has 1 saturated heterocycles. The minimum Gasteiger partial charge on any atom is -0.506 e. The van der Waals surface area contributed by atoms with Gasteiger partial charge in [-0.3, -0.25) is 9.59 Å². The Bertz CT molecular complexity index is 1070. The third kappa shape index (κ3) is 3.81. The van der Waals surface area contributed by atoms with Crippen molar-refractivity contribution in [1.29, 1.82) is 0 Å². The molecule has 0 saturated carbocycles. The summed E-state index contributed by atoms with van der Waals surface area (Å²) in [5, 5.41) is 14.5. The van der Waals surface area contributed by atoms with Gasteiger partial charge in [-0.25, -0.2) is 4.98 Å². The number of aromatic hydroxyl groups is 1. The molecular formula is C20H20N4O4. The highest BCUT2D eigenvalue weighted by Crippen LogP contribution is 2.32. The molecule has 8 heteroatoms. The fraction of sp³-hybridized carbons (Fsp3) is 0.250. The van der Waals surface area contributed by atoms with Crippen molar-refractivity contribution in [1.82, 2.24) is 9.97 Å². The fourth-order valence-corrected chi connectivity index (χ4v) is 3.26. The van der Waals surface area contributed by atoms with E-state index in [4.69, 9.17) is 4.74 Å². The predicted octanol–water partition coefficient (Wildman–Crippen LogP) is 1.65. The lowest BCUT2D eigenvalue weighted by Crippen LogP contribution is -2.37. The maximum absolute atomic E-state index is 12.6. The Morgan fingerprint density at radius 1 is 1.21 bits per heavy atom. The molecule has 2 heterocycles. The predicted molar refractivity (Wildman–Crippen MR) is 106 cm³/mol. The third-order valence-electron chi connectivity index (χ3n) is 4.61. The van der Waals surface area contributed by atoms with Crippen molar-refractivity contribution in [2.75, 3.05) is 36.5 Å². The molecule has 28 heavy (non-hydrogen) atoms. The summed E-state index contributed by atoms with van der Waals surface area (Å²) in [6.07, 6.45) is -0.115. The second-order valence-corrected chi connectivity index (χ2v) is 6.56. The number of phenols is 1. The minimum atomic E-state index is -0.381. The summed E-state index contributed by atoms with van der Waals surface area (Å²) in [7, 11) is 0. The number of ether oxygens (including phenoxy) is 1. The number of hydrogen-bond acceptors (Lipinski definition) is 6. The highest BCUT2D eigenvalue weighted by molar-refractivity contribution is 6.04. The molecule has 1 aliphatic heterocycles. The van der Waals surface area contributed by atoms with Crippen molar-refractivity contribution in [3.8, 4) is 5.75 Å². The molecule has 1 aromatic heterocycles. The van der Waals surface area contributed by atoms with Gasteiger partial charge in [0, 0.05) is 24.5 Å². The number of aromatic nitrogens is 2. The number of carbonyl (C=O) groups is 1. The van der Waals surface area contributed by atoms with Crippen LogP contribution in [0.4, 0.5) is 11.5 Å². The van der Waals surface area contributed by atoms with E-state index >= 15 is 0 Å². The van der Waals surface area contributed by atoms with Crippen LogP contribution in [-0.4, -0.2) is 47.3 Å². The number of aromatic amines is 1. The van der Waals surface area contributed by atoms with Crippen LogP contribution in [-0.2, 0) is 16.0 Å². The number of fused-ring (bicyclic) bond motifs is 1. The smallest absolute Gasteiger partial charge is 0.252 e. The van der Waals surface area contributed by atoms with Crippen LogP contribution in [0.15, 0.2) is 47.3 Å². The summed E-state index contributed by atoms with van der Waals surface area (Å²) in [5.41, 5.74) is 0.0297. The Labute approximate surface area is 160 Å². The van der Waals surface area contributed by atoms with E-state index in [1.165, 1.54) is 12.1 Å². The van der Waals surface area contributed by atoms with Crippen LogP contribution in [0.2, 0.25) is 0 Å². The van der Waals surface area contributed by atoms with Gasteiger partial charge in [-0.15, -0.1) is 0 Å². The average molecular weight is 380 g/mol. The van der Waals surface area contributed by atoms with E-state index in [-0.39, 0.29) is 29.5 Å². The van der Waals surface area contributed by atoms with E-state index in [0.29, 0.717) is 37.8 Å². The summed E-state index contributed by atoms with van der Waals surface area (Å²) >= 11 is 0. The van der Waals surface area contributed by atoms with E-state index < -0.39 is 0 Å². The van der Waals surface area contributed by atoms with Crippen molar-refractivity contribution < 1.29 is 14.6 Å². The number of morpholine rings is 1. The van der Waals surface area contributed by atoms with Gasteiger partial charge in [-0.2, -0.15) is 0 Å². The number of hydrogen-bond donors (Lipinski definition) is 3. The second kappa shape index (κ2) is 7.69. The van der Waals surface area contributed by atoms with Crippen molar-refractivity contribution in [3.05, 3.63) is 58.6 Å². The number of amides is 1. The summed E-state index contributed by atoms with van der Waals surface area (Å²) in [6, 6.07) is 12.2. The molecule has 2 aromatic carbocycles. The minimum absolute atomic E-state index is 0.0180. The van der Waals surface area contributed by atoms with E-state index in [9.17, 15) is 14.7 Å². The number of nitrogens with one attached hydrogen (secondary N) is 2. The Hall–Kier alpha value is -3.39. The van der Waals surface area contributed by atoms with Gasteiger partial charge < -0.3 is 25.0 Å². The lowest BCUT2D eigenvalue weighted by molar-refractivity contribution is -0.115. The van der Waals surface area contributed by atoms with Gasteiger partial charge in [0.05, 0.1) is 25.3 Å². The summed E-state index contributed by atoms with van der Waals surface area (Å²) in [6.45, 7) is 2.44. The molecule has 4 rings (SSSR count). The van der Waals surface area contributed by atoms with Gasteiger partial charge in [0.25, 0.3) is 5.56 Å². The monoisotopic (exact) mass is 380 g/mol. The topological polar surface area (TPSA) is 108 Å². The number of phenolic OH excluding ortho intramolecular Hbond substituents is 1. The first-order valence-electron chi connectivity index (χ1n) is 9.03. The van der Waals surface area contributed by atoms with Crippen LogP contribution in [0.1, 0.15) is 5.82 Å². The highest BCUT2D eigenvalue weighted by Gasteiger charge is 2.16. The zero-order chi connectivity index (χ0) is 19.5. The molecule has 0 radical (unpaired) electrons. The lowest BCUT2D eigenvalue weighted by atomic mass is 10.1. The summed E-state index contributed by atoms with van der Waals surface area (Å²) < 4.78 is 5.32. The number of benzene rings is 2. The molecule has 0 unspecified atom stereocenters. The van der Waals surface area contributed by atoms with Crippen LogP contribution < -0.4 is 15.8 Å². The molecule has 3 aromatic rings. The molecule has 0 spiro atoms. The zero-order valence-electron chi connectivity index (χ0n) is 15.1. The first-order chi connectivity index (χ1) is 13.6. The normalized spacial score (nSPS) is 14.2. The highest BCUT2D eigenvalue weighted by atomic mass is 16.5. The van der Waals surface area contributed by atoms with Crippen LogP contribution in [0.3, 0.4) is 0 Å². The summed E-state index contributed by atoms with van der Waals surface area (Å²) in [5.74, 6) is 0.401. The van der Waals surface area contributed by atoms with E-state index in [1.54, 1.807) is 6.07 Å². The maximum atomic E-state index is 12.6. The van der Waals surface area contributed by atoms with Crippen molar-refractivity contribution in [2.24, 2.45) is 0 Å². The van der Waals surface area contributed by atoms with Gasteiger partial charge in [0.1, 0.15) is 17.4 Å². The Kier molecular flexibility index (Phi) is 4.94. The van der Waals surface area contributed by atoms with Gasteiger partial charge in [-0.05, 0) is 11.5 Å². The molecule has 1 aliphatic rings. The molecule has 1 amide bonds. The Morgan fingerprint density at radius 2 is 2.00 bits per heavy atom. The largest absolute Gasteiger partial charge is 0.506 e. The molecule has 8 nitrogen and oxygen atoms in total. The second-order valence-electron chi connectivity index (χ2n) is 6.56. The SMILES string of the molecule is O=C(Cc1nc(N2CCOCC2)cc(=O)[nH]1)Nc1c(O)ccc2ccccc12. The maximum Gasteiger partial charge on any atom is 0.252 e. The van der Waals surface area contributed by atoms with Gasteiger partial charge >= 0.3 is 0 Å². The molecule has 0 aliphatic carbocycles. The standard InChI is InChI=1S/C20H20N4O4/c25-15-6-5-13-3-1-2-4-14(13)20(15)23-18(26)11-16-21-17(12-19(27)22-16)24-7-9-28-10-8-24/h1-6,12,25H,7-11H2,(H,23,26)(H,21,22,27). The first kappa shape index (κ1) is 18.0. The van der Waals surface area contributed by atoms with E-state index in [2.05, 4.69) is 15.3 Å². The zero-order valence-corrected chi connectivity index (χ0v) is 15.1. The molecule has 144 valence electrons. The average Bonchev–Trinajstić information content (AvgIpc) is 2.70. The first-order valence-corrected chi connectivity index (χ1v) is 9.03. The number of H-pyrrole nitrogens is 1. The van der Waals surface area contributed by atoms with E-state index in [0.717, 1.165) is 10.8 Å². The van der Waals surface area contributed by atoms with Crippen molar-refractivity contribution in [3.63, 3.8) is 0 Å². The number of carbonyl (C=O) groups excluding carboxylic acids is 1. The van der Waals surface area contributed by atoms with Crippen molar-refractivity contribution >= 4 is 28.2 Å². The van der Waals surface area contributed by atoms with Gasteiger partial charge in [-0.1, -0.05) is 30.3 Å². The number of anilines is 2. The number of rotatable bonds is 4. The van der Waals surface area contributed by atoms with Crippen molar-refractivity contribution in [2.45, 2.75) is 6.42 Å². The fourth-order valence-electron chi connectivity index (χ4n) is 3.26. The number of nitrogens with zero attached hydrogens (tertiary/aromatic N) is 2. The molecule has 0 bridgehead atoms. The Balaban J connectivity index is 1.55. The summed E-state index contributed by atoms with van der Waals surface area (Å²) in [4.78, 5) is 33.5. The molecule has 1 fully saturated rings. The molecule has 3 N–H and O–H groups in total. The molecule has 0 atom stereocenters. The third-order valence-corrected chi connectivity index (χ3v) is 4.61. The van der Waals surface area contributed by atoms with Crippen LogP contribution in [0.5, 0.6) is 5.75 Å².